The molecule has 0 aliphatic heterocycles. The van der Waals surface area contributed by atoms with E-state index in [1.807, 2.05) is 25.7 Å². The molecule has 0 rings (SSSR count). The Morgan fingerprint density at radius 2 is 1.65 bits per heavy atom. The van der Waals surface area contributed by atoms with Crippen LogP contribution in [0.4, 0.5) is 0 Å². The van der Waals surface area contributed by atoms with Crippen molar-refractivity contribution in [3.8, 4) is 0 Å². The van der Waals surface area contributed by atoms with Gasteiger partial charge in [-0.25, -0.2) is 4.79 Å². The predicted octanol–water partition coefficient (Wildman–Crippen LogP) is 4.67. The van der Waals surface area contributed by atoms with Gasteiger partial charge in [-0.15, -0.1) is 0 Å². The third kappa shape index (κ3) is 13.4. The van der Waals surface area contributed by atoms with E-state index in [4.69, 9.17) is 4.43 Å². The van der Waals surface area contributed by atoms with Crippen LogP contribution in [-0.4, -0.2) is 14.3 Å². The van der Waals surface area contributed by atoms with E-state index in [2.05, 4.69) is 6.92 Å². The molecular weight excluding hydrogens is 228 g/mol. The van der Waals surface area contributed by atoms with Gasteiger partial charge in [0, 0.05) is 6.08 Å². The lowest BCUT2D eigenvalue weighted by atomic mass is 10.1. The van der Waals surface area contributed by atoms with Crippen molar-refractivity contribution in [3.05, 3.63) is 12.2 Å². The molecule has 0 radical (unpaired) electrons. The van der Waals surface area contributed by atoms with Crippen molar-refractivity contribution in [2.45, 2.75) is 71.5 Å². The smallest absolute Gasteiger partial charge is 0.317 e. The molecule has 0 aromatic rings. The molecule has 0 aromatic heterocycles. The third-order valence-corrected chi connectivity index (χ3v) is 3.20. The van der Waals surface area contributed by atoms with E-state index in [0.29, 0.717) is 0 Å². The summed E-state index contributed by atoms with van der Waals surface area (Å²) in [4.78, 5) is 11.4. The van der Waals surface area contributed by atoms with Crippen LogP contribution < -0.4 is 0 Å². The average molecular weight is 256 g/mol. The first-order valence-corrected chi connectivity index (χ1v) is 10.3. The van der Waals surface area contributed by atoms with Gasteiger partial charge in [0.2, 0.25) is 8.32 Å². The number of hydrogen-bond donors (Lipinski definition) is 0. The molecule has 0 N–H and O–H groups in total. The van der Waals surface area contributed by atoms with Crippen molar-refractivity contribution in [2.75, 3.05) is 0 Å². The standard InChI is InChI=1S/C14H28O2Si/c1-5-6-7-8-9-10-11-12-13-14(15)16-17(2,3)4/h12-13H,5-11H2,1-4H3. The van der Waals surface area contributed by atoms with E-state index in [9.17, 15) is 4.79 Å². The molecule has 0 aliphatic rings. The van der Waals surface area contributed by atoms with Gasteiger partial charge < -0.3 is 4.43 Å². The molecule has 2 nitrogen and oxygen atoms in total. The Labute approximate surface area is 108 Å². The van der Waals surface area contributed by atoms with Crippen LogP contribution in [-0.2, 0) is 9.22 Å². The molecule has 100 valence electrons. The van der Waals surface area contributed by atoms with Crippen molar-refractivity contribution < 1.29 is 9.22 Å². The summed E-state index contributed by atoms with van der Waals surface area (Å²) in [6, 6.07) is 0. The summed E-state index contributed by atoms with van der Waals surface area (Å²) in [5.41, 5.74) is 0. The van der Waals surface area contributed by atoms with Crippen LogP contribution in [0.25, 0.3) is 0 Å². The van der Waals surface area contributed by atoms with Gasteiger partial charge in [0.25, 0.3) is 0 Å². The van der Waals surface area contributed by atoms with Gasteiger partial charge in [0.1, 0.15) is 0 Å². The summed E-state index contributed by atoms with van der Waals surface area (Å²) in [6.07, 6.45) is 12.3. The minimum Gasteiger partial charge on any atom is -0.517 e. The first-order chi connectivity index (χ1) is 7.95. The minimum absolute atomic E-state index is 0.171. The number of carbonyl (C=O) groups is 1. The average Bonchev–Trinajstić information content (AvgIpc) is 2.19. The molecule has 0 saturated carbocycles. The molecule has 0 bridgehead atoms. The molecule has 0 unspecified atom stereocenters. The Balaban J connectivity index is 3.44. The van der Waals surface area contributed by atoms with E-state index in [1.54, 1.807) is 6.08 Å². The Morgan fingerprint density at radius 3 is 2.24 bits per heavy atom. The third-order valence-electron chi connectivity index (χ3n) is 2.39. The van der Waals surface area contributed by atoms with Gasteiger partial charge in [-0.1, -0.05) is 45.1 Å². The normalized spacial score (nSPS) is 12.0. The van der Waals surface area contributed by atoms with E-state index >= 15 is 0 Å². The maximum atomic E-state index is 11.4. The highest BCUT2D eigenvalue weighted by atomic mass is 28.4. The quantitative estimate of drug-likeness (QED) is 0.340. The van der Waals surface area contributed by atoms with E-state index in [1.165, 1.54) is 38.5 Å². The molecule has 0 aromatic carbocycles. The maximum Gasteiger partial charge on any atom is 0.317 e. The van der Waals surface area contributed by atoms with E-state index in [0.717, 1.165) is 6.42 Å². The molecule has 0 amide bonds. The Hall–Kier alpha value is -0.573. The second kappa shape index (κ2) is 9.46. The van der Waals surface area contributed by atoms with Crippen LogP contribution >= 0.6 is 0 Å². The first kappa shape index (κ1) is 16.4. The Kier molecular flexibility index (Phi) is 9.14. The summed E-state index contributed by atoms with van der Waals surface area (Å²) in [5.74, 6) is -0.171. The molecule has 3 heteroatoms. The monoisotopic (exact) mass is 256 g/mol. The second-order valence-electron chi connectivity index (χ2n) is 5.49. The lowest BCUT2D eigenvalue weighted by Gasteiger charge is -2.15. The lowest BCUT2D eigenvalue weighted by molar-refractivity contribution is -0.129. The van der Waals surface area contributed by atoms with Crippen LogP contribution in [0, 0.1) is 0 Å². The largest absolute Gasteiger partial charge is 0.517 e. The zero-order valence-electron chi connectivity index (χ0n) is 11.9. The van der Waals surface area contributed by atoms with Gasteiger partial charge in [0.05, 0.1) is 0 Å². The molecule has 0 saturated heterocycles. The summed E-state index contributed by atoms with van der Waals surface area (Å²) in [5, 5.41) is 0. The molecule has 0 fully saturated rings. The van der Waals surface area contributed by atoms with Crippen LogP contribution in [0.2, 0.25) is 19.6 Å². The number of rotatable bonds is 9. The minimum atomic E-state index is -1.71. The van der Waals surface area contributed by atoms with Gasteiger partial charge >= 0.3 is 5.97 Å². The molecule has 0 spiro atoms. The Bertz CT molecular complexity index is 229. The highest BCUT2D eigenvalue weighted by Gasteiger charge is 2.17. The van der Waals surface area contributed by atoms with Gasteiger partial charge in [0.15, 0.2) is 0 Å². The summed E-state index contributed by atoms with van der Waals surface area (Å²) < 4.78 is 5.31. The van der Waals surface area contributed by atoms with Gasteiger partial charge in [-0.2, -0.15) is 0 Å². The summed E-state index contributed by atoms with van der Waals surface area (Å²) >= 11 is 0. The van der Waals surface area contributed by atoms with Crippen LogP contribution in [0.15, 0.2) is 12.2 Å². The molecule has 0 heterocycles. The first-order valence-electron chi connectivity index (χ1n) is 6.85. The highest BCUT2D eigenvalue weighted by Crippen LogP contribution is 2.08. The molecule has 0 atom stereocenters. The second-order valence-corrected chi connectivity index (χ2v) is 9.92. The van der Waals surface area contributed by atoms with Crippen molar-refractivity contribution in [3.63, 3.8) is 0 Å². The fourth-order valence-corrected chi connectivity index (χ4v) is 2.23. The van der Waals surface area contributed by atoms with E-state index in [-0.39, 0.29) is 5.97 Å². The van der Waals surface area contributed by atoms with Crippen molar-refractivity contribution in [1.82, 2.24) is 0 Å². The highest BCUT2D eigenvalue weighted by molar-refractivity contribution is 6.71. The fourth-order valence-electron chi connectivity index (χ4n) is 1.56. The van der Waals surface area contributed by atoms with Gasteiger partial charge in [-0.05, 0) is 32.5 Å². The van der Waals surface area contributed by atoms with Crippen LogP contribution in [0.1, 0.15) is 51.9 Å². The van der Waals surface area contributed by atoms with Crippen molar-refractivity contribution in [1.29, 1.82) is 0 Å². The zero-order chi connectivity index (χ0) is 13.1. The summed E-state index contributed by atoms with van der Waals surface area (Å²) in [6.45, 7) is 8.29. The topological polar surface area (TPSA) is 26.3 Å². The van der Waals surface area contributed by atoms with E-state index < -0.39 is 8.32 Å². The van der Waals surface area contributed by atoms with Gasteiger partial charge in [-0.3, -0.25) is 0 Å². The molecular formula is C14H28O2Si. The molecule has 17 heavy (non-hydrogen) atoms. The number of allylic oxidation sites excluding steroid dienone is 1. The summed E-state index contributed by atoms with van der Waals surface area (Å²) in [7, 11) is -1.71. The molecule has 0 aliphatic carbocycles. The lowest BCUT2D eigenvalue weighted by Crippen LogP contribution is -2.28. The Morgan fingerprint density at radius 1 is 1.06 bits per heavy atom. The van der Waals surface area contributed by atoms with Crippen molar-refractivity contribution in [2.24, 2.45) is 0 Å². The van der Waals surface area contributed by atoms with Crippen molar-refractivity contribution >= 4 is 14.3 Å². The maximum absolute atomic E-state index is 11.4. The zero-order valence-corrected chi connectivity index (χ0v) is 12.9. The predicted molar refractivity (Wildman–Crippen MR) is 76.6 cm³/mol. The number of carbonyl (C=O) groups excluding carboxylic acids is 1. The fraction of sp³-hybridized carbons (Fsp3) is 0.786. The SMILES string of the molecule is CCCCCCCCC=CC(=O)O[Si](C)(C)C. The van der Waals surface area contributed by atoms with Crippen LogP contribution in [0.5, 0.6) is 0 Å². The number of unbranched alkanes of at least 4 members (excludes halogenated alkanes) is 6. The van der Waals surface area contributed by atoms with Crippen LogP contribution in [0.3, 0.4) is 0 Å². The number of hydrogen-bond acceptors (Lipinski definition) is 2.